The zero-order valence-electron chi connectivity index (χ0n) is 27.7. The summed E-state index contributed by atoms with van der Waals surface area (Å²) in [6.07, 6.45) is 0. The van der Waals surface area contributed by atoms with Crippen molar-refractivity contribution < 1.29 is 21.2 Å². The summed E-state index contributed by atoms with van der Waals surface area (Å²) in [6.45, 7) is 3.41. The van der Waals surface area contributed by atoms with Crippen molar-refractivity contribution in [2.45, 2.75) is 23.6 Å². The summed E-state index contributed by atoms with van der Waals surface area (Å²) in [5.74, 6) is -0.464. The van der Waals surface area contributed by atoms with Gasteiger partial charge in [0.05, 0.1) is 31.8 Å². The number of benzene rings is 4. The van der Waals surface area contributed by atoms with Gasteiger partial charge in [0.2, 0.25) is 26.0 Å². The van der Waals surface area contributed by atoms with E-state index in [2.05, 4.69) is 45.8 Å². The fraction of sp³-hybridized carbons (Fsp3) is 0.118. The van der Waals surface area contributed by atoms with Crippen LogP contribution in [0.25, 0.3) is 11.1 Å². The molecule has 51 heavy (non-hydrogen) atoms. The lowest BCUT2D eigenvalue weighted by atomic mass is 10.1. The maximum Gasteiger partial charge on any atom is 0.240 e. The third-order valence-electron chi connectivity index (χ3n) is 7.52. The quantitative estimate of drug-likeness (QED) is 0.0696. The molecule has 0 bridgehead atoms. The number of hydrogen-bond acceptors (Lipinski definition) is 11. The molecule has 0 amide bonds. The number of anilines is 4. The molecule has 264 valence electrons. The number of sulfonamides is 2. The molecular weight excluding hydrogens is 717 g/mol. The van der Waals surface area contributed by atoms with Crippen molar-refractivity contribution in [3.05, 3.63) is 119 Å². The largest absolute Gasteiger partial charge is 0.324 e. The van der Waals surface area contributed by atoms with Crippen LogP contribution in [0, 0.1) is 5.82 Å². The molecule has 5 N–H and O–H groups in total. The number of halogens is 2. The monoisotopic (exact) mass is 749 g/mol. The van der Waals surface area contributed by atoms with Crippen LogP contribution in [-0.4, -0.2) is 52.3 Å². The molecule has 0 aliphatic heterocycles. The highest BCUT2D eigenvalue weighted by atomic mass is 35.5. The van der Waals surface area contributed by atoms with Crippen LogP contribution in [0.4, 0.5) is 27.7 Å². The van der Waals surface area contributed by atoms with Crippen LogP contribution in [0.2, 0.25) is 5.02 Å². The Hall–Kier alpha value is -5.26. The molecule has 1 aromatic heterocycles. The summed E-state index contributed by atoms with van der Waals surface area (Å²) in [7, 11) is -4.61. The Kier molecular flexibility index (Phi) is 11.4. The minimum absolute atomic E-state index is 0.0442. The van der Waals surface area contributed by atoms with Gasteiger partial charge < -0.3 is 5.32 Å². The van der Waals surface area contributed by atoms with E-state index in [0.29, 0.717) is 28.2 Å². The van der Waals surface area contributed by atoms with Crippen LogP contribution in [0.3, 0.4) is 0 Å². The highest BCUT2D eigenvalue weighted by Gasteiger charge is 2.22. The average Bonchev–Trinajstić information content (AvgIpc) is 3.14. The fourth-order valence-corrected chi connectivity index (χ4v) is 6.30. The topological polar surface area (TPSA) is 179 Å². The predicted octanol–water partition coefficient (Wildman–Crippen LogP) is 6.17. The summed E-state index contributed by atoms with van der Waals surface area (Å²) in [5, 5.41) is 12.0. The summed E-state index contributed by atoms with van der Waals surface area (Å²) >= 11 is 6.21. The van der Waals surface area contributed by atoms with Crippen LogP contribution in [0.15, 0.2) is 117 Å². The number of aromatic nitrogens is 2. The third-order valence-corrected chi connectivity index (χ3v) is 10.7. The molecule has 13 nitrogen and oxygen atoms in total. The zero-order valence-corrected chi connectivity index (χ0v) is 30.1. The number of nitrogens with one attached hydrogen (secondary N) is 5. The lowest BCUT2D eigenvalue weighted by Crippen LogP contribution is -2.18. The number of para-hydroxylation sites is 1. The molecule has 17 heteroatoms. The lowest BCUT2D eigenvalue weighted by molar-refractivity contribution is 0.586. The normalized spacial score (nSPS) is 12.4. The summed E-state index contributed by atoms with van der Waals surface area (Å²) in [6, 6.07) is 25.9. The predicted molar refractivity (Wildman–Crippen MR) is 199 cm³/mol. The van der Waals surface area contributed by atoms with E-state index < -0.39 is 25.9 Å². The minimum Gasteiger partial charge on any atom is -0.324 e. The Morgan fingerprint density at radius 1 is 0.667 bits per heavy atom. The van der Waals surface area contributed by atoms with Gasteiger partial charge in [0.15, 0.2) is 11.6 Å². The molecule has 5 aromatic rings. The van der Waals surface area contributed by atoms with Gasteiger partial charge in [-0.2, -0.15) is 20.2 Å². The van der Waals surface area contributed by atoms with Crippen LogP contribution < -0.4 is 25.6 Å². The van der Waals surface area contributed by atoms with E-state index in [1.165, 1.54) is 50.5 Å². The first-order valence-electron chi connectivity index (χ1n) is 15.2. The first-order valence-corrected chi connectivity index (χ1v) is 18.5. The first-order chi connectivity index (χ1) is 24.3. The van der Waals surface area contributed by atoms with E-state index >= 15 is 4.39 Å². The Morgan fingerprint density at radius 3 is 1.59 bits per heavy atom. The standard InChI is InChI=1S/C34H33ClFN9O4S2/c1-21(23-13-17-26(18-14-23)50(46,47)37-3)42-44-32-30(28-11-8-12-29(35)31(28)36)33(41-34(40-32)39-25-9-6-5-7-10-25)45-43-22(2)24-15-19-27(20-16-24)51(48,49)38-4/h5-20,37-38H,1-4H3,(H3,39,40,41,44,45). The van der Waals surface area contributed by atoms with Crippen LogP contribution in [0.1, 0.15) is 25.0 Å². The van der Waals surface area contributed by atoms with E-state index in [1.54, 1.807) is 44.2 Å². The number of rotatable bonds is 13. The van der Waals surface area contributed by atoms with Gasteiger partial charge in [0.25, 0.3) is 0 Å². The second-order valence-electron chi connectivity index (χ2n) is 10.8. The molecule has 0 radical (unpaired) electrons. The Balaban J connectivity index is 1.61. The molecule has 5 rings (SSSR count). The Labute approximate surface area is 300 Å². The average molecular weight is 750 g/mol. The molecule has 1 heterocycles. The van der Waals surface area contributed by atoms with E-state index in [-0.39, 0.29) is 43.5 Å². The molecule has 0 aliphatic carbocycles. The maximum atomic E-state index is 15.7. The molecule has 0 spiro atoms. The Morgan fingerprint density at radius 2 is 1.14 bits per heavy atom. The third kappa shape index (κ3) is 8.73. The molecule has 4 aromatic carbocycles. The maximum absolute atomic E-state index is 15.7. The van der Waals surface area contributed by atoms with Crippen molar-refractivity contribution >= 4 is 66.3 Å². The van der Waals surface area contributed by atoms with Gasteiger partial charge in [-0.1, -0.05) is 66.2 Å². The van der Waals surface area contributed by atoms with Crippen LogP contribution in [0.5, 0.6) is 0 Å². The van der Waals surface area contributed by atoms with Gasteiger partial charge in [-0.25, -0.2) is 30.7 Å². The number of hydrazone groups is 2. The lowest BCUT2D eigenvalue weighted by Gasteiger charge is -2.17. The summed E-state index contributed by atoms with van der Waals surface area (Å²) < 4.78 is 69.0. The Bertz CT molecular complexity index is 2210. The molecule has 0 atom stereocenters. The summed E-state index contributed by atoms with van der Waals surface area (Å²) in [4.78, 5) is 9.45. The van der Waals surface area contributed by atoms with Crippen LogP contribution in [-0.2, 0) is 20.0 Å². The highest BCUT2D eigenvalue weighted by molar-refractivity contribution is 7.89. The van der Waals surface area contributed by atoms with E-state index in [1.807, 2.05) is 30.3 Å². The molecule has 0 saturated carbocycles. The van der Waals surface area contributed by atoms with Gasteiger partial charge in [-0.05, 0) is 81.5 Å². The van der Waals surface area contributed by atoms with Crippen molar-refractivity contribution in [2.24, 2.45) is 10.2 Å². The van der Waals surface area contributed by atoms with Crippen molar-refractivity contribution in [1.29, 1.82) is 0 Å². The minimum atomic E-state index is -3.63. The zero-order chi connectivity index (χ0) is 36.8. The van der Waals surface area contributed by atoms with Gasteiger partial charge in [-0.3, -0.25) is 10.9 Å². The second-order valence-corrected chi connectivity index (χ2v) is 15.0. The van der Waals surface area contributed by atoms with Crippen molar-refractivity contribution in [3.63, 3.8) is 0 Å². The first kappa shape index (κ1) is 37.0. The van der Waals surface area contributed by atoms with Gasteiger partial charge in [-0.15, -0.1) is 0 Å². The van der Waals surface area contributed by atoms with Gasteiger partial charge in [0.1, 0.15) is 5.82 Å². The molecule has 0 fully saturated rings. The molecular formula is C34H33ClFN9O4S2. The van der Waals surface area contributed by atoms with Crippen molar-refractivity contribution in [2.75, 3.05) is 30.3 Å². The number of nitrogens with zero attached hydrogens (tertiary/aromatic N) is 4. The molecule has 0 aliphatic rings. The molecule has 0 unspecified atom stereocenters. The van der Waals surface area contributed by atoms with E-state index in [0.717, 1.165) is 0 Å². The van der Waals surface area contributed by atoms with Crippen molar-refractivity contribution in [3.8, 4) is 11.1 Å². The van der Waals surface area contributed by atoms with Crippen LogP contribution >= 0.6 is 11.6 Å². The van der Waals surface area contributed by atoms with E-state index in [9.17, 15) is 16.8 Å². The van der Waals surface area contributed by atoms with Crippen molar-refractivity contribution in [1.82, 2.24) is 19.4 Å². The highest BCUT2D eigenvalue weighted by Crippen LogP contribution is 2.38. The van der Waals surface area contributed by atoms with Gasteiger partial charge >= 0.3 is 0 Å². The van der Waals surface area contributed by atoms with E-state index in [4.69, 9.17) is 11.6 Å². The smallest absolute Gasteiger partial charge is 0.240 e. The summed E-state index contributed by atoms with van der Waals surface area (Å²) in [5.41, 5.74) is 8.86. The van der Waals surface area contributed by atoms with Gasteiger partial charge in [0, 0.05) is 11.3 Å². The SMILES string of the molecule is CNS(=O)(=O)c1ccc(C(C)=NNc2nc(Nc3ccccc3)nc(NN=C(C)c3ccc(S(=O)(=O)NC)cc3)c2-c2cccc(Cl)c2F)cc1. The fourth-order valence-electron chi connectivity index (χ4n) is 4.67. The number of hydrogen-bond donors (Lipinski definition) is 5. The second kappa shape index (κ2) is 15.7. The molecule has 0 saturated heterocycles.